The lowest BCUT2D eigenvalue weighted by molar-refractivity contribution is -0.139. The number of Topliss-reactive ketones (excluding diaryl/α,β-unsaturated/α-hetero) is 1. The molecule has 1 aliphatic rings. The number of amides is 1. The zero-order valence-corrected chi connectivity index (χ0v) is 21.3. The van der Waals surface area contributed by atoms with Crippen LogP contribution in [-0.4, -0.2) is 74.9 Å². The number of aromatic hydroxyl groups is 1. The van der Waals surface area contributed by atoms with Gasteiger partial charge in [-0.3, -0.25) is 9.59 Å². The largest absolute Gasteiger partial charge is 0.505 e. The van der Waals surface area contributed by atoms with Crippen molar-refractivity contribution in [1.82, 2.24) is 19.2 Å². The Bertz CT molecular complexity index is 1360. The standard InChI is InChI=1S/C27H32N4O5/c1-6-36-20-15-18(10-11-19(20)32)23-21(25(34)27(35)31(23)14-8-12-29(4)5)24(33)22-17(3)30-13-7-9-16(2)26(30)28-22/h7,9-11,13,15,23,32-33H,6,8,12,14H2,1-5H3. The summed E-state index contributed by atoms with van der Waals surface area (Å²) < 4.78 is 7.40. The molecule has 1 atom stereocenters. The number of aromatic nitrogens is 2. The fourth-order valence-corrected chi connectivity index (χ4v) is 4.66. The first kappa shape index (κ1) is 25.2. The van der Waals surface area contributed by atoms with Gasteiger partial charge in [0.15, 0.2) is 17.3 Å². The predicted octanol–water partition coefficient (Wildman–Crippen LogP) is 3.43. The van der Waals surface area contributed by atoms with Crippen LogP contribution in [0.15, 0.2) is 42.1 Å². The molecule has 0 saturated carbocycles. The van der Waals surface area contributed by atoms with Crippen molar-refractivity contribution in [3.63, 3.8) is 0 Å². The van der Waals surface area contributed by atoms with Crippen molar-refractivity contribution in [1.29, 1.82) is 0 Å². The Morgan fingerprint density at radius 3 is 2.61 bits per heavy atom. The molecule has 1 fully saturated rings. The van der Waals surface area contributed by atoms with E-state index < -0.39 is 17.7 Å². The van der Waals surface area contributed by atoms with Gasteiger partial charge in [0.05, 0.1) is 23.9 Å². The van der Waals surface area contributed by atoms with Gasteiger partial charge in [0, 0.05) is 12.7 Å². The Labute approximate surface area is 210 Å². The quantitative estimate of drug-likeness (QED) is 0.282. The Morgan fingerprint density at radius 1 is 1.19 bits per heavy atom. The van der Waals surface area contributed by atoms with Gasteiger partial charge < -0.3 is 29.2 Å². The number of fused-ring (bicyclic) bond motifs is 1. The Hall–Kier alpha value is -3.85. The van der Waals surface area contributed by atoms with Gasteiger partial charge in [-0.05, 0) is 77.2 Å². The number of likely N-dealkylation sites (tertiary alicyclic amines) is 1. The molecule has 4 rings (SSSR count). The number of carbonyl (C=O) groups is 2. The number of imidazole rings is 1. The molecule has 1 aromatic carbocycles. The number of aliphatic hydroxyl groups is 1. The van der Waals surface area contributed by atoms with Crippen LogP contribution in [0.4, 0.5) is 0 Å². The first-order valence-electron chi connectivity index (χ1n) is 12.0. The zero-order chi connectivity index (χ0) is 26.1. The number of aliphatic hydroxyl groups excluding tert-OH is 1. The van der Waals surface area contributed by atoms with Gasteiger partial charge in [0.25, 0.3) is 11.7 Å². The van der Waals surface area contributed by atoms with Gasteiger partial charge in [0.1, 0.15) is 11.3 Å². The molecule has 9 nitrogen and oxygen atoms in total. The van der Waals surface area contributed by atoms with E-state index in [1.54, 1.807) is 19.1 Å². The molecule has 2 aromatic heterocycles. The molecule has 0 aliphatic carbocycles. The Balaban J connectivity index is 1.89. The molecule has 1 unspecified atom stereocenters. The molecular weight excluding hydrogens is 460 g/mol. The van der Waals surface area contributed by atoms with Crippen LogP contribution in [0.3, 0.4) is 0 Å². The number of ether oxygens (including phenoxy) is 1. The number of nitrogens with zero attached hydrogens (tertiary/aromatic N) is 4. The average Bonchev–Trinajstić information content (AvgIpc) is 3.30. The average molecular weight is 493 g/mol. The number of hydrogen-bond acceptors (Lipinski definition) is 7. The van der Waals surface area contributed by atoms with Crippen LogP contribution in [0.1, 0.15) is 41.9 Å². The third kappa shape index (κ3) is 4.42. The van der Waals surface area contributed by atoms with Crippen LogP contribution in [0.5, 0.6) is 11.5 Å². The molecule has 1 amide bonds. The lowest BCUT2D eigenvalue weighted by atomic mass is 9.96. The van der Waals surface area contributed by atoms with Crippen molar-refractivity contribution in [2.24, 2.45) is 0 Å². The minimum Gasteiger partial charge on any atom is -0.505 e. The molecule has 3 aromatic rings. The van der Waals surface area contributed by atoms with Gasteiger partial charge in [-0.25, -0.2) is 4.98 Å². The molecule has 0 bridgehead atoms. The summed E-state index contributed by atoms with van der Waals surface area (Å²) in [5.74, 6) is -1.56. The first-order valence-corrected chi connectivity index (χ1v) is 12.0. The molecule has 0 spiro atoms. The second-order valence-electron chi connectivity index (χ2n) is 9.24. The molecule has 36 heavy (non-hydrogen) atoms. The number of ketones is 1. The number of rotatable bonds is 8. The summed E-state index contributed by atoms with van der Waals surface area (Å²) in [5.41, 5.74) is 3.02. The topological polar surface area (TPSA) is 108 Å². The number of pyridine rings is 1. The molecule has 1 saturated heterocycles. The van der Waals surface area contributed by atoms with Crippen molar-refractivity contribution in [2.45, 2.75) is 33.2 Å². The fourth-order valence-electron chi connectivity index (χ4n) is 4.66. The van der Waals surface area contributed by atoms with E-state index in [-0.39, 0.29) is 28.5 Å². The van der Waals surface area contributed by atoms with E-state index in [1.165, 1.54) is 11.0 Å². The SMILES string of the molecule is CCOc1cc(C2C(=C(O)c3nc4c(C)cccn4c3C)C(=O)C(=O)N2CCCN(C)C)ccc1O. The van der Waals surface area contributed by atoms with Crippen LogP contribution in [0, 0.1) is 13.8 Å². The summed E-state index contributed by atoms with van der Waals surface area (Å²) in [7, 11) is 3.88. The van der Waals surface area contributed by atoms with Crippen molar-refractivity contribution < 1.29 is 24.5 Å². The highest BCUT2D eigenvalue weighted by Gasteiger charge is 2.46. The molecule has 1 aliphatic heterocycles. The van der Waals surface area contributed by atoms with Crippen LogP contribution in [0.2, 0.25) is 0 Å². The monoisotopic (exact) mass is 492 g/mol. The minimum absolute atomic E-state index is 0.0258. The van der Waals surface area contributed by atoms with E-state index in [1.807, 2.05) is 55.6 Å². The summed E-state index contributed by atoms with van der Waals surface area (Å²) in [6.07, 6.45) is 2.48. The maximum atomic E-state index is 13.3. The van der Waals surface area contributed by atoms with Gasteiger partial charge >= 0.3 is 0 Å². The Kier molecular flexibility index (Phi) is 7.03. The lowest BCUT2D eigenvalue weighted by Crippen LogP contribution is -2.32. The minimum atomic E-state index is -0.850. The maximum Gasteiger partial charge on any atom is 0.295 e. The summed E-state index contributed by atoms with van der Waals surface area (Å²) >= 11 is 0. The summed E-state index contributed by atoms with van der Waals surface area (Å²) in [5, 5.41) is 21.7. The van der Waals surface area contributed by atoms with Crippen LogP contribution in [0.25, 0.3) is 11.4 Å². The Morgan fingerprint density at radius 2 is 1.94 bits per heavy atom. The van der Waals surface area contributed by atoms with Crippen molar-refractivity contribution in [2.75, 3.05) is 33.8 Å². The number of benzene rings is 1. The summed E-state index contributed by atoms with van der Waals surface area (Å²) in [4.78, 5) is 34.7. The highest BCUT2D eigenvalue weighted by molar-refractivity contribution is 6.46. The molecular formula is C27H32N4O5. The smallest absolute Gasteiger partial charge is 0.295 e. The van der Waals surface area contributed by atoms with Gasteiger partial charge in [-0.2, -0.15) is 0 Å². The lowest BCUT2D eigenvalue weighted by Gasteiger charge is -2.26. The number of hydrogen-bond donors (Lipinski definition) is 2. The third-order valence-corrected chi connectivity index (χ3v) is 6.45. The van der Waals surface area contributed by atoms with Crippen molar-refractivity contribution in [3.05, 3.63) is 64.6 Å². The van der Waals surface area contributed by atoms with Crippen LogP contribution in [-0.2, 0) is 9.59 Å². The van der Waals surface area contributed by atoms with Gasteiger partial charge in [0.2, 0.25) is 0 Å². The summed E-state index contributed by atoms with van der Waals surface area (Å²) in [6, 6.07) is 7.68. The number of phenols is 1. The molecule has 2 N–H and O–H groups in total. The number of carbonyl (C=O) groups excluding carboxylic acids is 2. The molecule has 0 radical (unpaired) electrons. The second kappa shape index (κ2) is 10.0. The van der Waals surface area contributed by atoms with Crippen molar-refractivity contribution >= 4 is 23.1 Å². The maximum absolute atomic E-state index is 13.3. The van der Waals surface area contributed by atoms with Crippen molar-refractivity contribution in [3.8, 4) is 11.5 Å². The summed E-state index contributed by atoms with van der Waals surface area (Å²) in [6.45, 7) is 6.90. The van der Waals surface area contributed by atoms with Gasteiger partial charge in [-0.1, -0.05) is 12.1 Å². The third-order valence-electron chi connectivity index (χ3n) is 6.45. The van der Waals surface area contributed by atoms with E-state index in [0.717, 1.165) is 12.1 Å². The highest BCUT2D eigenvalue weighted by atomic mass is 16.5. The van der Waals surface area contributed by atoms with Gasteiger partial charge in [-0.15, -0.1) is 0 Å². The van der Waals surface area contributed by atoms with E-state index in [4.69, 9.17) is 4.74 Å². The molecule has 190 valence electrons. The second-order valence-corrected chi connectivity index (χ2v) is 9.24. The zero-order valence-electron chi connectivity index (χ0n) is 21.3. The van der Waals surface area contributed by atoms with E-state index in [2.05, 4.69) is 4.98 Å². The molecule has 9 heteroatoms. The highest BCUT2D eigenvalue weighted by Crippen LogP contribution is 2.42. The van der Waals surface area contributed by atoms with E-state index in [9.17, 15) is 19.8 Å². The van der Waals surface area contributed by atoms with Crippen LogP contribution < -0.4 is 4.74 Å². The number of phenolic OH excluding ortho intramolecular Hbond substituents is 1. The fraction of sp³-hybridized carbons (Fsp3) is 0.370. The first-order chi connectivity index (χ1) is 17.1. The number of aryl methyl sites for hydroxylation is 2. The normalized spacial score (nSPS) is 17.5. The predicted molar refractivity (Wildman–Crippen MR) is 136 cm³/mol. The van der Waals surface area contributed by atoms with E-state index in [0.29, 0.717) is 36.5 Å². The molecule has 3 heterocycles. The van der Waals surface area contributed by atoms with Crippen LogP contribution >= 0.6 is 0 Å². The van der Waals surface area contributed by atoms with E-state index >= 15 is 0 Å².